The third-order valence-electron chi connectivity index (χ3n) is 1.67. The molecule has 1 aliphatic rings. The van der Waals surface area contributed by atoms with Crippen molar-refractivity contribution in [2.24, 2.45) is 0 Å². The molecule has 0 aromatic rings. The van der Waals surface area contributed by atoms with E-state index < -0.39 is 11.5 Å². The van der Waals surface area contributed by atoms with Gasteiger partial charge in [0.15, 0.2) is 0 Å². The van der Waals surface area contributed by atoms with Crippen LogP contribution in [0.5, 0.6) is 0 Å². The highest BCUT2D eigenvalue weighted by molar-refractivity contribution is 5.85. The van der Waals surface area contributed by atoms with Crippen molar-refractivity contribution in [1.29, 1.82) is 0 Å². The topological polar surface area (TPSA) is 12.0 Å². The maximum atomic E-state index is 12.3. The predicted molar refractivity (Wildman–Crippen MR) is 34.3 cm³/mol. The summed E-state index contributed by atoms with van der Waals surface area (Å²) in [5, 5.41) is 2.62. The Morgan fingerprint density at radius 2 is 1.67 bits per heavy atom. The van der Waals surface area contributed by atoms with Crippen LogP contribution in [0.4, 0.5) is 8.78 Å². The first-order valence-corrected chi connectivity index (χ1v) is 2.59. The minimum absolute atomic E-state index is 0. The van der Waals surface area contributed by atoms with Gasteiger partial charge in [0.2, 0.25) is 0 Å². The van der Waals surface area contributed by atoms with Gasteiger partial charge >= 0.3 is 0 Å². The van der Waals surface area contributed by atoms with Crippen molar-refractivity contribution in [3.63, 3.8) is 0 Å². The van der Waals surface area contributed by atoms with E-state index >= 15 is 0 Å². The lowest BCUT2D eigenvalue weighted by molar-refractivity contribution is -0.138. The number of nitrogens with one attached hydrogen (secondary N) is 1. The van der Waals surface area contributed by atoms with Gasteiger partial charge in [0.25, 0.3) is 5.92 Å². The minimum atomic E-state index is -2.49. The smallest absolute Gasteiger partial charge is 0.277 e. The van der Waals surface area contributed by atoms with Crippen LogP contribution in [0.1, 0.15) is 13.8 Å². The van der Waals surface area contributed by atoms with Gasteiger partial charge in [-0.15, -0.1) is 12.4 Å². The lowest BCUT2D eigenvalue weighted by Gasteiger charge is -2.45. The molecule has 1 rings (SSSR count). The standard InChI is InChI=1S/C5H9F2N.ClH/c1-4(2)5(6,7)3-8-4;/h8H,3H2,1-2H3;1H. The summed E-state index contributed by atoms with van der Waals surface area (Å²) in [6, 6.07) is 0. The third-order valence-corrected chi connectivity index (χ3v) is 1.67. The molecule has 1 aliphatic heterocycles. The van der Waals surface area contributed by atoms with Crippen molar-refractivity contribution in [3.05, 3.63) is 0 Å². The average molecular weight is 158 g/mol. The fourth-order valence-electron chi connectivity index (χ4n) is 0.576. The van der Waals surface area contributed by atoms with Gasteiger partial charge in [-0.2, -0.15) is 0 Å². The molecule has 0 atom stereocenters. The second-order valence-electron chi connectivity index (χ2n) is 2.68. The van der Waals surface area contributed by atoms with Crippen LogP contribution in [0.3, 0.4) is 0 Å². The second-order valence-corrected chi connectivity index (χ2v) is 2.68. The normalized spacial score (nSPS) is 28.0. The first-order chi connectivity index (χ1) is 3.46. The molecule has 56 valence electrons. The van der Waals surface area contributed by atoms with E-state index in [1.54, 1.807) is 0 Å². The monoisotopic (exact) mass is 157 g/mol. The van der Waals surface area contributed by atoms with Crippen molar-refractivity contribution in [2.75, 3.05) is 6.54 Å². The predicted octanol–water partition coefficient (Wildman–Crippen LogP) is 1.43. The van der Waals surface area contributed by atoms with E-state index in [1.165, 1.54) is 13.8 Å². The van der Waals surface area contributed by atoms with Gasteiger partial charge in [-0.25, -0.2) is 8.78 Å². The van der Waals surface area contributed by atoms with Crippen LogP contribution in [-0.4, -0.2) is 18.0 Å². The lowest BCUT2D eigenvalue weighted by Crippen LogP contribution is -2.70. The molecule has 0 aromatic heterocycles. The largest absolute Gasteiger partial charge is 0.301 e. The molecule has 1 nitrogen and oxygen atoms in total. The molecule has 0 spiro atoms. The van der Waals surface area contributed by atoms with E-state index in [0.717, 1.165) is 0 Å². The van der Waals surface area contributed by atoms with E-state index in [9.17, 15) is 8.78 Å². The van der Waals surface area contributed by atoms with Crippen LogP contribution in [0.25, 0.3) is 0 Å². The quantitative estimate of drug-likeness (QED) is 0.561. The third kappa shape index (κ3) is 1.17. The number of hydrogen-bond acceptors (Lipinski definition) is 1. The lowest BCUT2D eigenvalue weighted by atomic mass is 9.88. The number of halogens is 3. The van der Waals surface area contributed by atoms with E-state index in [4.69, 9.17) is 0 Å². The fourth-order valence-corrected chi connectivity index (χ4v) is 0.576. The Bertz CT molecular complexity index is 99.5. The van der Waals surface area contributed by atoms with Gasteiger partial charge in [-0.05, 0) is 13.8 Å². The Morgan fingerprint density at radius 3 is 1.67 bits per heavy atom. The highest BCUT2D eigenvalue weighted by Crippen LogP contribution is 2.34. The van der Waals surface area contributed by atoms with Crippen molar-refractivity contribution >= 4 is 12.4 Å². The molecule has 1 N–H and O–H groups in total. The summed E-state index contributed by atoms with van der Waals surface area (Å²) in [6.07, 6.45) is 0. The van der Waals surface area contributed by atoms with Crippen LogP contribution in [0, 0.1) is 0 Å². The summed E-state index contributed by atoms with van der Waals surface area (Å²) < 4.78 is 24.5. The van der Waals surface area contributed by atoms with Crippen molar-refractivity contribution in [2.45, 2.75) is 25.3 Å². The Morgan fingerprint density at radius 1 is 1.33 bits per heavy atom. The van der Waals surface area contributed by atoms with Crippen molar-refractivity contribution in [3.8, 4) is 0 Å². The summed E-state index contributed by atoms with van der Waals surface area (Å²) in [4.78, 5) is 0. The Labute approximate surface area is 59.2 Å². The first-order valence-electron chi connectivity index (χ1n) is 2.59. The molecule has 0 aromatic carbocycles. The summed E-state index contributed by atoms with van der Waals surface area (Å²) in [5.41, 5.74) is -0.965. The van der Waals surface area contributed by atoms with Gasteiger partial charge in [-0.3, -0.25) is 0 Å². The molecule has 0 radical (unpaired) electrons. The average Bonchev–Trinajstić information content (AvgIpc) is 1.64. The molecule has 1 heterocycles. The highest BCUT2D eigenvalue weighted by Gasteiger charge is 2.54. The maximum absolute atomic E-state index is 12.3. The van der Waals surface area contributed by atoms with Crippen LogP contribution >= 0.6 is 12.4 Å². The van der Waals surface area contributed by atoms with E-state index in [-0.39, 0.29) is 19.0 Å². The van der Waals surface area contributed by atoms with Crippen LogP contribution in [0.15, 0.2) is 0 Å². The molecular weight excluding hydrogens is 148 g/mol. The molecule has 0 amide bonds. The minimum Gasteiger partial charge on any atom is -0.301 e. The Balaban J connectivity index is 0.000000640. The number of rotatable bonds is 0. The summed E-state index contributed by atoms with van der Waals surface area (Å²) in [7, 11) is 0. The Hall–Kier alpha value is 0.110. The van der Waals surface area contributed by atoms with Crippen molar-refractivity contribution in [1.82, 2.24) is 5.32 Å². The first kappa shape index (κ1) is 9.11. The van der Waals surface area contributed by atoms with E-state index in [1.807, 2.05) is 0 Å². The molecule has 1 saturated heterocycles. The zero-order valence-corrected chi connectivity index (χ0v) is 6.19. The number of hydrogen-bond donors (Lipinski definition) is 1. The van der Waals surface area contributed by atoms with Gasteiger partial charge in [0, 0.05) is 0 Å². The van der Waals surface area contributed by atoms with Gasteiger partial charge in [0.1, 0.15) is 0 Å². The molecule has 0 aliphatic carbocycles. The van der Waals surface area contributed by atoms with Crippen LogP contribution in [-0.2, 0) is 0 Å². The van der Waals surface area contributed by atoms with E-state index in [0.29, 0.717) is 0 Å². The molecule has 0 saturated carbocycles. The molecule has 0 unspecified atom stereocenters. The molecule has 1 fully saturated rings. The summed E-state index contributed by atoms with van der Waals surface area (Å²) >= 11 is 0. The maximum Gasteiger partial charge on any atom is 0.277 e. The molecule has 0 bridgehead atoms. The Kier molecular flexibility index (Phi) is 2.08. The summed E-state index contributed by atoms with van der Waals surface area (Å²) in [5.74, 6) is -2.49. The number of alkyl halides is 2. The fraction of sp³-hybridized carbons (Fsp3) is 1.00. The van der Waals surface area contributed by atoms with E-state index in [2.05, 4.69) is 5.32 Å². The van der Waals surface area contributed by atoms with Crippen molar-refractivity contribution < 1.29 is 8.78 Å². The zero-order chi connectivity index (χ0) is 6.41. The highest BCUT2D eigenvalue weighted by atomic mass is 35.5. The van der Waals surface area contributed by atoms with Crippen LogP contribution < -0.4 is 5.32 Å². The molecule has 4 heteroatoms. The SMILES string of the molecule is CC1(C)NCC1(F)F.Cl. The molecular formula is C5H10ClF2N. The van der Waals surface area contributed by atoms with Crippen LogP contribution in [0.2, 0.25) is 0 Å². The van der Waals surface area contributed by atoms with Gasteiger partial charge in [0.05, 0.1) is 12.1 Å². The molecule has 9 heavy (non-hydrogen) atoms. The van der Waals surface area contributed by atoms with Gasteiger partial charge in [-0.1, -0.05) is 0 Å². The second kappa shape index (κ2) is 2.06. The summed E-state index contributed by atoms with van der Waals surface area (Å²) in [6.45, 7) is 2.83. The van der Waals surface area contributed by atoms with Gasteiger partial charge < -0.3 is 5.32 Å². The zero-order valence-electron chi connectivity index (χ0n) is 5.37.